The molecule has 0 bridgehead atoms. The van der Waals surface area contributed by atoms with Crippen LogP contribution in [0.5, 0.6) is 0 Å². The summed E-state index contributed by atoms with van der Waals surface area (Å²) in [7, 11) is 1.81. The third-order valence-corrected chi connectivity index (χ3v) is 2.66. The predicted molar refractivity (Wildman–Crippen MR) is 68.3 cm³/mol. The van der Waals surface area contributed by atoms with Crippen molar-refractivity contribution in [3.63, 3.8) is 0 Å². The van der Waals surface area contributed by atoms with Gasteiger partial charge in [-0.25, -0.2) is 9.78 Å². The van der Waals surface area contributed by atoms with Gasteiger partial charge in [0.05, 0.1) is 19.1 Å². The Kier molecular flexibility index (Phi) is 5.12. The van der Waals surface area contributed by atoms with Crippen LogP contribution in [-0.4, -0.2) is 30.6 Å². The zero-order valence-corrected chi connectivity index (χ0v) is 10.9. The molecule has 0 amide bonds. The van der Waals surface area contributed by atoms with Gasteiger partial charge in [-0.05, 0) is 26.0 Å². The lowest BCUT2D eigenvalue weighted by atomic mass is 10.2. The quantitative estimate of drug-likeness (QED) is 0.744. The standard InChI is InChI=1S/C13H17N3O2/c1-4-18-13(17)11-6-5-9-15-12(11)16(3)10(2)7-8-14/h5-6,9-10H,4,7H2,1-3H3. The van der Waals surface area contributed by atoms with Crippen LogP contribution in [0.15, 0.2) is 18.3 Å². The first-order valence-corrected chi connectivity index (χ1v) is 5.83. The summed E-state index contributed by atoms with van der Waals surface area (Å²) in [6.07, 6.45) is 1.99. The Morgan fingerprint density at radius 3 is 3.00 bits per heavy atom. The Morgan fingerprint density at radius 1 is 1.67 bits per heavy atom. The number of hydrogen-bond donors (Lipinski definition) is 0. The molecule has 0 radical (unpaired) electrons. The van der Waals surface area contributed by atoms with Crippen molar-refractivity contribution in [2.24, 2.45) is 0 Å². The van der Waals surface area contributed by atoms with Crippen LogP contribution in [0.4, 0.5) is 5.82 Å². The number of pyridine rings is 1. The van der Waals surface area contributed by atoms with Crippen molar-refractivity contribution < 1.29 is 9.53 Å². The Bertz CT molecular complexity index is 454. The Morgan fingerprint density at radius 2 is 2.39 bits per heavy atom. The number of carbonyl (C=O) groups is 1. The predicted octanol–water partition coefficient (Wildman–Crippen LogP) is 2.00. The molecule has 1 aromatic rings. The lowest BCUT2D eigenvalue weighted by Crippen LogP contribution is -2.30. The minimum Gasteiger partial charge on any atom is -0.462 e. The average Bonchev–Trinajstić information content (AvgIpc) is 2.38. The van der Waals surface area contributed by atoms with Gasteiger partial charge in [0, 0.05) is 19.3 Å². The van der Waals surface area contributed by atoms with Gasteiger partial charge in [0.15, 0.2) is 0 Å². The van der Waals surface area contributed by atoms with E-state index >= 15 is 0 Å². The van der Waals surface area contributed by atoms with E-state index in [9.17, 15) is 4.79 Å². The first-order valence-electron chi connectivity index (χ1n) is 5.83. The van der Waals surface area contributed by atoms with Crippen LogP contribution in [0.25, 0.3) is 0 Å². The van der Waals surface area contributed by atoms with Gasteiger partial charge in [-0.1, -0.05) is 0 Å². The molecule has 0 fully saturated rings. The van der Waals surface area contributed by atoms with Gasteiger partial charge < -0.3 is 9.64 Å². The highest BCUT2D eigenvalue weighted by molar-refractivity contribution is 5.94. The molecule has 0 saturated heterocycles. The lowest BCUT2D eigenvalue weighted by molar-refractivity contribution is 0.0526. The molecule has 0 aliphatic carbocycles. The number of hydrogen-bond acceptors (Lipinski definition) is 5. The number of anilines is 1. The van der Waals surface area contributed by atoms with Crippen molar-refractivity contribution in [1.29, 1.82) is 5.26 Å². The molecule has 5 nitrogen and oxygen atoms in total. The molecule has 18 heavy (non-hydrogen) atoms. The molecule has 5 heteroatoms. The van der Waals surface area contributed by atoms with Crippen LogP contribution in [0.3, 0.4) is 0 Å². The van der Waals surface area contributed by atoms with E-state index in [1.165, 1.54) is 0 Å². The average molecular weight is 247 g/mol. The number of carbonyl (C=O) groups excluding carboxylic acids is 1. The van der Waals surface area contributed by atoms with Crippen LogP contribution in [0.1, 0.15) is 30.6 Å². The van der Waals surface area contributed by atoms with Crippen LogP contribution in [-0.2, 0) is 4.74 Å². The number of rotatable bonds is 5. The first-order chi connectivity index (χ1) is 8.61. The highest BCUT2D eigenvalue weighted by atomic mass is 16.5. The van der Waals surface area contributed by atoms with E-state index in [1.54, 1.807) is 25.3 Å². The minimum atomic E-state index is -0.392. The number of ether oxygens (including phenoxy) is 1. The highest BCUT2D eigenvalue weighted by Gasteiger charge is 2.19. The van der Waals surface area contributed by atoms with E-state index in [-0.39, 0.29) is 6.04 Å². The Balaban J connectivity index is 3.02. The third-order valence-electron chi connectivity index (χ3n) is 2.66. The maximum atomic E-state index is 11.8. The van der Waals surface area contributed by atoms with Crippen LogP contribution < -0.4 is 4.90 Å². The van der Waals surface area contributed by atoms with Crippen LogP contribution >= 0.6 is 0 Å². The fraction of sp³-hybridized carbons (Fsp3) is 0.462. The summed E-state index contributed by atoms with van der Waals surface area (Å²) in [5, 5.41) is 8.71. The molecule has 0 aliphatic heterocycles. The maximum Gasteiger partial charge on any atom is 0.341 e. The Hall–Kier alpha value is -2.09. The lowest BCUT2D eigenvalue weighted by Gasteiger charge is -2.25. The van der Waals surface area contributed by atoms with Gasteiger partial charge in [0.25, 0.3) is 0 Å². The second-order valence-corrected chi connectivity index (χ2v) is 3.92. The molecule has 0 spiro atoms. The van der Waals surface area contributed by atoms with Gasteiger partial charge >= 0.3 is 5.97 Å². The molecule has 96 valence electrons. The molecular weight excluding hydrogens is 230 g/mol. The largest absolute Gasteiger partial charge is 0.462 e. The summed E-state index contributed by atoms with van der Waals surface area (Å²) < 4.78 is 4.99. The molecular formula is C13H17N3O2. The van der Waals surface area contributed by atoms with Crippen molar-refractivity contribution in [2.45, 2.75) is 26.3 Å². The van der Waals surface area contributed by atoms with E-state index in [0.717, 1.165) is 0 Å². The monoisotopic (exact) mass is 247 g/mol. The number of aromatic nitrogens is 1. The summed E-state index contributed by atoms with van der Waals surface area (Å²) in [5.41, 5.74) is 0.423. The third kappa shape index (κ3) is 3.20. The fourth-order valence-electron chi connectivity index (χ4n) is 1.52. The molecule has 1 aromatic heterocycles. The number of nitriles is 1. The molecule has 1 heterocycles. The number of nitrogens with zero attached hydrogens (tertiary/aromatic N) is 3. The minimum absolute atomic E-state index is 0.0157. The molecule has 1 unspecified atom stereocenters. The highest BCUT2D eigenvalue weighted by Crippen LogP contribution is 2.19. The second kappa shape index (κ2) is 6.60. The SMILES string of the molecule is CCOC(=O)c1cccnc1N(C)C(C)CC#N. The Labute approximate surface area is 107 Å². The number of esters is 1. The zero-order valence-electron chi connectivity index (χ0n) is 10.9. The van der Waals surface area contributed by atoms with Crippen molar-refractivity contribution in [1.82, 2.24) is 4.98 Å². The summed E-state index contributed by atoms with van der Waals surface area (Å²) in [4.78, 5) is 17.8. The summed E-state index contributed by atoms with van der Waals surface area (Å²) in [5.74, 6) is 0.148. The fourth-order valence-corrected chi connectivity index (χ4v) is 1.52. The first kappa shape index (κ1) is 14.0. The van der Waals surface area contributed by atoms with Gasteiger partial charge in [-0.2, -0.15) is 5.26 Å². The van der Waals surface area contributed by atoms with E-state index < -0.39 is 5.97 Å². The molecule has 0 aliphatic rings. The summed E-state index contributed by atoms with van der Waals surface area (Å²) in [6, 6.07) is 5.46. The van der Waals surface area contributed by atoms with Gasteiger partial charge in [-0.3, -0.25) is 0 Å². The van der Waals surface area contributed by atoms with E-state index in [4.69, 9.17) is 10.00 Å². The van der Waals surface area contributed by atoms with E-state index in [2.05, 4.69) is 11.1 Å². The van der Waals surface area contributed by atoms with Crippen molar-refractivity contribution >= 4 is 11.8 Å². The smallest absolute Gasteiger partial charge is 0.341 e. The van der Waals surface area contributed by atoms with E-state index in [0.29, 0.717) is 24.4 Å². The van der Waals surface area contributed by atoms with Gasteiger partial charge in [0.2, 0.25) is 0 Å². The maximum absolute atomic E-state index is 11.8. The van der Waals surface area contributed by atoms with Crippen molar-refractivity contribution in [2.75, 3.05) is 18.6 Å². The van der Waals surface area contributed by atoms with Gasteiger partial charge in [-0.15, -0.1) is 0 Å². The molecule has 0 N–H and O–H groups in total. The molecule has 0 saturated carbocycles. The van der Waals surface area contributed by atoms with Gasteiger partial charge in [0.1, 0.15) is 11.4 Å². The van der Waals surface area contributed by atoms with Crippen LogP contribution in [0.2, 0.25) is 0 Å². The topological polar surface area (TPSA) is 66.2 Å². The molecule has 1 rings (SSSR count). The molecule has 1 atom stereocenters. The molecule has 0 aromatic carbocycles. The summed E-state index contributed by atoms with van der Waals surface area (Å²) in [6.45, 7) is 3.99. The van der Waals surface area contributed by atoms with Crippen molar-refractivity contribution in [3.05, 3.63) is 23.9 Å². The summed E-state index contributed by atoms with van der Waals surface area (Å²) >= 11 is 0. The van der Waals surface area contributed by atoms with Crippen molar-refractivity contribution in [3.8, 4) is 6.07 Å². The zero-order chi connectivity index (χ0) is 13.5. The van der Waals surface area contributed by atoms with E-state index in [1.807, 2.05) is 18.9 Å². The van der Waals surface area contributed by atoms with Crippen LogP contribution in [0, 0.1) is 11.3 Å². The normalized spacial score (nSPS) is 11.4. The second-order valence-electron chi connectivity index (χ2n) is 3.92.